The van der Waals surface area contributed by atoms with Crippen LogP contribution >= 0.6 is 19.2 Å². The Hall–Kier alpha value is -10.1. The first-order valence-corrected chi connectivity index (χ1v) is 29.9. The summed E-state index contributed by atoms with van der Waals surface area (Å²) in [6.07, 6.45) is -4.71. The number of carbonyl (C=O) groups is 6. The lowest BCUT2D eigenvalue weighted by Crippen LogP contribution is -2.40. The van der Waals surface area contributed by atoms with Gasteiger partial charge in [-0.05, 0) is 56.3 Å². The summed E-state index contributed by atoms with van der Waals surface area (Å²) in [4.78, 5) is 128. The number of aromatic carboxylic acids is 1. The van der Waals surface area contributed by atoms with Crippen LogP contribution in [0.5, 0.6) is 23.5 Å². The molecule has 0 aliphatic carbocycles. The number of hydrogen-bond donors (Lipinski definition) is 9. The maximum absolute atomic E-state index is 12.9. The molecule has 0 spiro atoms. The number of aliphatic carboxylic acids is 1. The molecule has 2 aromatic carbocycles. The predicted molar refractivity (Wildman–Crippen MR) is 305 cm³/mol. The van der Waals surface area contributed by atoms with E-state index < -0.39 is 152 Å². The van der Waals surface area contributed by atoms with Gasteiger partial charge in [0.15, 0.2) is 5.03 Å². The van der Waals surface area contributed by atoms with Crippen molar-refractivity contribution in [3.8, 4) is 29.2 Å². The molecule has 0 atom stereocenters. The highest BCUT2D eigenvalue weighted by atomic mass is 35.5. The van der Waals surface area contributed by atoms with E-state index in [0.717, 1.165) is 25.2 Å². The molecule has 6 aromatic rings. The van der Waals surface area contributed by atoms with E-state index in [1.807, 2.05) is 0 Å². The zero-order chi connectivity index (χ0) is 71.4. The molecule has 0 aliphatic heterocycles. The van der Waals surface area contributed by atoms with Crippen LogP contribution in [-0.4, -0.2) is 172 Å². The molecule has 4 heterocycles. The second-order valence-electron chi connectivity index (χ2n) is 17.7. The van der Waals surface area contributed by atoms with Gasteiger partial charge in [0.2, 0.25) is 35.4 Å². The molecule has 0 saturated carbocycles. The van der Waals surface area contributed by atoms with Gasteiger partial charge in [0.05, 0.1) is 72.7 Å². The van der Waals surface area contributed by atoms with Gasteiger partial charge in [-0.3, -0.25) is 39.5 Å². The first-order valence-electron chi connectivity index (χ1n) is 24.8. The van der Waals surface area contributed by atoms with Gasteiger partial charge in [0.25, 0.3) is 31.5 Å². The quantitative estimate of drug-likeness (QED) is 0.0282. The highest BCUT2D eigenvalue weighted by molar-refractivity contribution is 7.90. The third-order valence-corrected chi connectivity index (χ3v) is 13.8. The lowest BCUT2D eigenvalue weighted by atomic mass is 10.2. The fourth-order valence-corrected chi connectivity index (χ4v) is 9.19. The summed E-state index contributed by atoms with van der Waals surface area (Å²) >= 11 is 5.94. The summed E-state index contributed by atoms with van der Waals surface area (Å²) in [6, 6.07) is 10.0. The summed E-state index contributed by atoms with van der Waals surface area (Å²) in [5.74, 6) is -7.05. The molecule has 0 bridgehead atoms. The molecule has 512 valence electrons. The first kappa shape index (κ1) is 78.1. The molecule has 5 amide bonds. The van der Waals surface area contributed by atoms with Gasteiger partial charge in [0.1, 0.15) is 10.6 Å². The van der Waals surface area contributed by atoms with Crippen molar-refractivity contribution in [2.45, 2.75) is 49.3 Å². The second-order valence-corrected chi connectivity index (χ2v) is 23.0. The number of alkyl halides is 7. The van der Waals surface area contributed by atoms with Gasteiger partial charge in [-0.2, -0.15) is 59.1 Å². The molecule has 0 aliphatic rings. The highest BCUT2D eigenvalue weighted by Gasteiger charge is 2.35. The lowest BCUT2D eigenvalue weighted by Gasteiger charge is -2.15. The number of carboxylic acid groups (broad SMARTS) is 2. The molecular formula is C48H50ClF7N13O22PS2. The Bertz CT molecular complexity index is 4120. The zero-order valence-corrected chi connectivity index (χ0v) is 51.9. The number of aromatic nitrogens is 7. The van der Waals surface area contributed by atoms with Crippen LogP contribution in [-0.2, 0) is 47.4 Å². The Labute approximate surface area is 528 Å². The number of nitrogens with zero attached hydrogens (tertiary/aromatic N) is 8. The topological polar surface area (TPSA) is 487 Å². The minimum atomic E-state index is -4.86. The Balaban J connectivity index is 0.000000343. The van der Waals surface area contributed by atoms with Crippen LogP contribution in [0.2, 0.25) is 5.02 Å². The number of anilines is 2. The van der Waals surface area contributed by atoms with E-state index in [0.29, 0.717) is 21.3 Å². The van der Waals surface area contributed by atoms with Gasteiger partial charge < -0.3 is 48.6 Å². The van der Waals surface area contributed by atoms with Crippen molar-refractivity contribution in [2.24, 2.45) is 7.05 Å². The molecule has 0 fully saturated rings. The number of esters is 1. The number of ether oxygens (including phenoxy) is 5. The summed E-state index contributed by atoms with van der Waals surface area (Å²) in [5, 5.41) is 22.4. The molecule has 94 heavy (non-hydrogen) atoms. The highest BCUT2D eigenvalue weighted by Crippen LogP contribution is 2.32. The lowest BCUT2D eigenvalue weighted by molar-refractivity contribution is -0.144. The van der Waals surface area contributed by atoms with Gasteiger partial charge in [0, 0.05) is 33.4 Å². The average Bonchev–Trinajstić information content (AvgIpc) is 0.783. The summed E-state index contributed by atoms with van der Waals surface area (Å²) in [7, 11) is -6.77. The van der Waals surface area contributed by atoms with Crippen molar-refractivity contribution in [3.63, 3.8) is 0 Å². The van der Waals surface area contributed by atoms with Gasteiger partial charge in [-0.25, -0.2) is 51.4 Å². The third-order valence-electron chi connectivity index (χ3n) is 10.1. The van der Waals surface area contributed by atoms with Crippen LogP contribution in [0.1, 0.15) is 50.6 Å². The standard InChI is InChI=1S/C16H14ClF3N2O4.C15H18N6O6S.C14H10F4N4O7S.C3H8NO5P/c1-8(2)26-14(24)10-6-9(4-5-11(10)17)22-13(23)7-12(16(18,19)20)21(3)15(22)25;1-21(2)13(22)9-6-5-7-16-12(9)28(24,25)20-15(23)19-14-17-10(26-3)8-11(18-14)27-4;15-11(16)28-8-5-9(29-12(17)18)20-13(19-8)21-14(25)22-30(26,27)7-4-2-1-3-6(7)10(23)24;5-3(6)1-4-2-10(7,8)9/h4-8H,1-3H3;5-8H,1-4H3,(H2,17,18,19,20,23);1-5,11-12H,(H,23,24)(H2,19,20,21,22,25);4H,1-2H2,(H,5,6)(H2,7,8,9). The fourth-order valence-electron chi connectivity index (χ4n) is 6.45. The summed E-state index contributed by atoms with van der Waals surface area (Å²) < 4.78 is 174. The van der Waals surface area contributed by atoms with E-state index in [1.54, 1.807) is 23.9 Å². The largest absolute Gasteiger partial charge is 0.481 e. The maximum Gasteiger partial charge on any atom is 0.431 e. The number of hydrogen-bond acceptors (Lipinski definition) is 24. The van der Waals surface area contributed by atoms with Gasteiger partial charge in [-0.15, -0.1) is 0 Å². The maximum atomic E-state index is 12.9. The monoisotopic (exact) mass is 1420 g/mol. The van der Waals surface area contributed by atoms with Crippen LogP contribution in [0, 0.1) is 0 Å². The predicted octanol–water partition coefficient (Wildman–Crippen LogP) is 3.56. The first-order chi connectivity index (χ1) is 43.5. The molecule has 0 radical (unpaired) electrons. The molecule has 0 unspecified atom stereocenters. The Morgan fingerprint density at radius 1 is 0.723 bits per heavy atom. The average molecular weight is 1420 g/mol. The van der Waals surface area contributed by atoms with Crippen molar-refractivity contribution >= 4 is 87.0 Å². The van der Waals surface area contributed by atoms with E-state index in [9.17, 15) is 90.5 Å². The number of rotatable bonds is 21. The van der Waals surface area contributed by atoms with Crippen LogP contribution in [0.25, 0.3) is 5.69 Å². The van der Waals surface area contributed by atoms with Crippen molar-refractivity contribution in [2.75, 3.05) is 51.8 Å². The molecule has 35 nitrogen and oxygen atoms in total. The normalized spacial score (nSPS) is 11.2. The number of carboxylic acids is 2. The second kappa shape index (κ2) is 34.0. The number of benzene rings is 2. The van der Waals surface area contributed by atoms with Crippen molar-refractivity contribution in [1.29, 1.82) is 0 Å². The molecule has 46 heteroatoms. The Morgan fingerprint density at radius 3 is 1.69 bits per heavy atom. The smallest absolute Gasteiger partial charge is 0.431 e. The van der Waals surface area contributed by atoms with Gasteiger partial charge >= 0.3 is 62.7 Å². The molecule has 9 N–H and O–H groups in total. The fraction of sp³-hybridized carbons (Fsp3) is 0.271. The number of amides is 5. The van der Waals surface area contributed by atoms with E-state index in [4.69, 9.17) is 45.8 Å². The third kappa shape index (κ3) is 24.5. The van der Waals surface area contributed by atoms with E-state index in [-0.39, 0.29) is 39.5 Å². The van der Waals surface area contributed by atoms with Crippen molar-refractivity contribution in [3.05, 3.63) is 127 Å². The summed E-state index contributed by atoms with van der Waals surface area (Å²) in [6.45, 7) is -4.02. The van der Waals surface area contributed by atoms with E-state index in [1.165, 1.54) is 86.6 Å². The SMILES string of the molecule is CC(C)OC(=O)c1cc(-n2c(=O)cc(C(F)(F)F)n(C)c2=O)ccc1Cl.COc1cc(OC)nc(NC(=O)NS(=O)(=O)c2ncccc2C(=O)N(C)C)n1.O=C(Nc1nc(OC(F)F)cc(OC(F)F)n1)NS(=O)(=O)c1ccccc1C(=O)O.O=C(O)CNCP(=O)(O)O. The molecular weight excluding hydrogens is 1370 g/mol. The van der Waals surface area contributed by atoms with Crippen molar-refractivity contribution in [1.82, 2.24) is 53.7 Å². The number of halogens is 8. The minimum absolute atomic E-state index is 0.0104. The number of nitrogens with one attached hydrogen (secondary N) is 5. The van der Waals surface area contributed by atoms with Crippen LogP contribution < -0.4 is 55.6 Å². The number of pyridine rings is 1. The van der Waals surface area contributed by atoms with Crippen molar-refractivity contribution < 1.29 is 125 Å². The Kier molecular flexibility index (Phi) is 28.2. The van der Waals surface area contributed by atoms with Crippen LogP contribution in [0.15, 0.2) is 98.5 Å². The number of carbonyl (C=O) groups excluding carboxylic acids is 4. The minimum Gasteiger partial charge on any atom is -0.481 e. The zero-order valence-electron chi connectivity index (χ0n) is 48.7. The van der Waals surface area contributed by atoms with Gasteiger partial charge in [-0.1, -0.05) is 23.7 Å². The summed E-state index contributed by atoms with van der Waals surface area (Å²) in [5.41, 5.74) is -4.84. The van der Waals surface area contributed by atoms with Crippen LogP contribution in [0.3, 0.4) is 0 Å². The molecule has 4 aromatic heterocycles. The molecule has 0 saturated heterocycles. The molecule has 6 rings (SSSR count). The number of sulfonamides is 2. The number of methoxy groups -OCH3 is 2. The van der Waals surface area contributed by atoms with E-state index >= 15 is 0 Å². The van der Waals surface area contributed by atoms with E-state index in [2.05, 4.69) is 45.0 Å². The Morgan fingerprint density at radius 2 is 1.22 bits per heavy atom. The number of urea groups is 2. The van der Waals surface area contributed by atoms with Crippen LogP contribution in [0.4, 0.5) is 52.2 Å².